The van der Waals surface area contributed by atoms with Crippen LogP contribution in [0, 0.1) is 23.7 Å². The molecule has 0 aliphatic heterocycles. The van der Waals surface area contributed by atoms with Crippen LogP contribution in [0.4, 0.5) is 0 Å². The third-order valence-corrected chi connectivity index (χ3v) is 9.92. The van der Waals surface area contributed by atoms with E-state index in [9.17, 15) is 29.7 Å². The van der Waals surface area contributed by atoms with E-state index in [2.05, 4.69) is 10.3 Å². The summed E-state index contributed by atoms with van der Waals surface area (Å²) in [6, 6.07) is 4.92. The van der Waals surface area contributed by atoms with Gasteiger partial charge in [-0.15, -0.1) is 0 Å². The number of rotatable bonds is 16. The molecule has 3 aliphatic rings. The van der Waals surface area contributed by atoms with E-state index in [1.165, 1.54) is 6.42 Å². The fraction of sp³-hybridized carbons (Fsp3) is 0.771. The molecule has 4 atom stereocenters. The van der Waals surface area contributed by atoms with Gasteiger partial charge in [0.25, 0.3) is 0 Å². The Hall–Kier alpha value is -2.36. The second-order valence-electron chi connectivity index (χ2n) is 14.5. The zero-order valence-electron chi connectivity index (χ0n) is 26.8. The number of carbonyl (C=O) groups is 3. The van der Waals surface area contributed by atoms with Crippen molar-refractivity contribution >= 4 is 17.6 Å². The van der Waals surface area contributed by atoms with E-state index in [1.54, 1.807) is 11.1 Å². The van der Waals surface area contributed by atoms with Gasteiger partial charge < -0.3 is 25.5 Å². The lowest BCUT2D eigenvalue weighted by Crippen LogP contribution is -2.52. The summed E-state index contributed by atoms with van der Waals surface area (Å²) in [6.45, 7) is 4.29. The lowest BCUT2D eigenvalue weighted by atomic mass is 9.82. The minimum absolute atomic E-state index is 0.00896. The molecule has 44 heavy (non-hydrogen) atoms. The predicted octanol–water partition coefficient (Wildman–Crippen LogP) is 4.31. The number of carbonyl (C=O) groups excluding carboxylic acids is 3. The maximum absolute atomic E-state index is 14.0. The molecule has 0 aromatic carbocycles. The van der Waals surface area contributed by atoms with Crippen molar-refractivity contribution in [1.82, 2.24) is 15.2 Å². The van der Waals surface area contributed by atoms with Crippen molar-refractivity contribution in [2.24, 2.45) is 23.7 Å². The van der Waals surface area contributed by atoms with E-state index < -0.39 is 29.8 Å². The molecule has 0 saturated heterocycles. The molecule has 1 aromatic heterocycles. The van der Waals surface area contributed by atoms with Crippen LogP contribution < -0.4 is 5.32 Å². The third-order valence-electron chi connectivity index (χ3n) is 9.92. The summed E-state index contributed by atoms with van der Waals surface area (Å²) in [6.07, 6.45) is 10.2. The number of nitrogens with one attached hydrogen (secondary N) is 1. The van der Waals surface area contributed by atoms with Crippen molar-refractivity contribution in [3.05, 3.63) is 30.1 Å². The van der Waals surface area contributed by atoms with E-state index in [0.29, 0.717) is 62.5 Å². The number of aliphatic hydroxyl groups excluding tert-OH is 2. The summed E-state index contributed by atoms with van der Waals surface area (Å²) < 4.78 is 0. The summed E-state index contributed by atoms with van der Waals surface area (Å²) in [5.41, 5.74) is -0.469. The van der Waals surface area contributed by atoms with Crippen LogP contribution in [0.15, 0.2) is 24.4 Å². The first-order valence-electron chi connectivity index (χ1n) is 17.1. The average Bonchev–Trinajstić information content (AvgIpc) is 3.82. The Bertz CT molecular complexity index is 1060. The molecule has 4 rings (SSSR count). The van der Waals surface area contributed by atoms with Crippen LogP contribution in [-0.4, -0.2) is 73.2 Å². The zero-order chi connectivity index (χ0) is 31.7. The molecular weight excluding hydrogens is 558 g/mol. The Kier molecular flexibility index (Phi) is 12.8. The Morgan fingerprint density at radius 1 is 1.02 bits per heavy atom. The maximum atomic E-state index is 14.0. The Balaban J connectivity index is 1.49. The van der Waals surface area contributed by atoms with Crippen molar-refractivity contribution in [2.45, 2.75) is 141 Å². The van der Waals surface area contributed by atoms with E-state index in [-0.39, 0.29) is 43.0 Å². The minimum atomic E-state index is -1.16. The van der Waals surface area contributed by atoms with Crippen molar-refractivity contribution < 1.29 is 29.7 Å². The predicted molar refractivity (Wildman–Crippen MR) is 168 cm³/mol. The van der Waals surface area contributed by atoms with Gasteiger partial charge in [-0.3, -0.25) is 19.4 Å². The SMILES string of the molecule is CC(C)C[C@H](O)[C@H](O)[C@H](CC1CCCCC1)NC(=O)[C@@H](CC(=O)N(Cc1ccccn1)CC1(O)CCC(=O)CC1)CC1CC1. The minimum Gasteiger partial charge on any atom is -0.390 e. The van der Waals surface area contributed by atoms with Gasteiger partial charge in [0.05, 0.1) is 30.0 Å². The highest BCUT2D eigenvalue weighted by atomic mass is 16.3. The van der Waals surface area contributed by atoms with Crippen molar-refractivity contribution in [3.8, 4) is 0 Å². The monoisotopic (exact) mass is 613 g/mol. The highest BCUT2D eigenvalue weighted by molar-refractivity contribution is 5.86. The van der Waals surface area contributed by atoms with Gasteiger partial charge in [-0.2, -0.15) is 0 Å². The van der Waals surface area contributed by atoms with Crippen molar-refractivity contribution in [1.29, 1.82) is 0 Å². The van der Waals surface area contributed by atoms with Gasteiger partial charge in [-0.25, -0.2) is 0 Å². The van der Waals surface area contributed by atoms with Gasteiger partial charge in [0, 0.05) is 37.9 Å². The van der Waals surface area contributed by atoms with E-state index in [4.69, 9.17) is 0 Å². The van der Waals surface area contributed by atoms with Gasteiger partial charge in [0.15, 0.2) is 0 Å². The number of aliphatic hydroxyl groups is 3. The molecule has 0 spiro atoms. The third kappa shape index (κ3) is 10.9. The molecular formula is C35H55N3O6. The second-order valence-corrected chi connectivity index (χ2v) is 14.5. The van der Waals surface area contributed by atoms with Gasteiger partial charge >= 0.3 is 0 Å². The largest absolute Gasteiger partial charge is 0.390 e. The van der Waals surface area contributed by atoms with Crippen LogP contribution >= 0.6 is 0 Å². The molecule has 3 fully saturated rings. The zero-order valence-corrected chi connectivity index (χ0v) is 26.8. The van der Waals surface area contributed by atoms with Crippen LogP contribution in [0.1, 0.15) is 116 Å². The smallest absolute Gasteiger partial charge is 0.223 e. The fourth-order valence-corrected chi connectivity index (χ4v) is 7.06. The molecule has 246 valence electrons. The molecule has 9 nitrogen and oxygen atoms in total. The molecule has 0 radical (unpaired) electrons. The molecule has 1 aromatic rings. The van der Waals surface area contributed by atoms with E-state index in [1.807, 2.05) is 32.0 Å². The quantitative estimate of drug-likeness (QED) is 0.218. The number of amides is 2. The normalized spacial score (nSPS) is 21.8. The van der Waals surface area contributed by atoms with Crippen molar-refractivity contribution in [3.63, 3.8) is 0 Å². The summed E-state index contributed by atoms with van der Waals surface area (Å²) in [4.78, 5) is 45.8. The van der Waals surface area contributed by atoms with Crippen LogP contribution in [0.2, 0.25) is 0 Å². The van der Waals surface area contributed by atoms with Crippen LogP contribution in [0.5, 0.6) is 0 Å². The number of nitrogens with zero attached hydrogens (tertiary/aromatic N) is 2. The number of pyridine rings is 1. The van der Waals surface area contributed by atoms with E-state index in [0.717, 1.165) is 38.5 Å². The molecule has 4 N–H and O–H groups in total. The second kappa shape index (κ2) is 16.3. The van der Waals surface area contributed by atoms with Crippen LogP contribution in [0.25, 0.3) is 0 Å². The lowest BCUT2D eigenvalue weighted by Gasteiger charge is -2.37. The first kappa shape index (κ1) is 34.5. The molecule has 1 heterocycles. The molecule has 2 amide bonds. The summed E-state index contributed by atoms with van der Waals surface area (Å²) in [7, 11) is 0. The summed E-state index contributed by atoms with van der Waals surface area (Å²) in [5, 5.41) is 36.5. The number of aromatic nitrogens is 1. The Morgan fingerprint density at radius 2 is 1.70 bits per heavy atom. The number of ketones is 1. The first-order valence-corrected chi connectivity index (χ1v) is 17.1. The number of Topliss-reactive ketones (excluding diaryl/α,β-unsaturated/α-hetero) is 1. The topological polar surface area (TPSA) is 140 Å². The number of hydrogen-bond donors (Lipinski definition) is 4. The standard InChI is InChI=1S/C35H55N3O6/c1-24(2)18-31(40)33(42)30(20-25-8-4-3-5-9-25)37-34(43)27(19-26-11-12-26)21-32(41)38(22-28-10-6-7-17-36-28)23-35(44)15-13-29(39)14-16-35/h6-7,10,17,24-27,30-31,33,40,42,44H,3-5,8-9,11-16,18-23H2,1-2H3,(H,37,43)/t27-,30+,31+,33-/m1/s1. The Labute approximate surface area is 263 Å². The molecule has 9 heteroatoms. The fourth-order valence-electron chi connectivity index (χ4n) is 7.06. The summed E-state index contributed by atoms with van der Waals surface area (Å²) >= 11 is 0. The van der Waals surface area contributed by atoms with Gasteiger partial charge in [-0.05, 0) is 62.0 Å². The van der Waals surface area contributed by atoms with Crippen LogP contribution in [-0.2, 0) is 20.9 Å². The highest BCUT2D eigenvalue weighted by Gasteiger charge is 2.39. The number of hydrogen-bond acceptors (Lipinski definition) is 7. The molecule has 0 unspecified atom stereocenters. The Morgan fingerprint density at radius 3 is 2.32 bits per heavy atom. The first-order chi connectivity index (χ1) is 21.0. The van der Waals surface area contributed by atoms with Crippen LogP contribution in [0.3, 0.4) is 0 Å². The van der Waals surface area contributed by atoms with Gasteiger partial charge in [0.2, 0.25) is 11.8 Å². The summed E-state index contributed by atoms with van der Waals surface area (Å²) in [5.74, 6) is 0.0507. The highest BCUT2D eigenvalue weighted by Crippen LogP contribution is 2.37. The van der Waals surface area contributed by atoms with E-state index >= 15 is 0 Å². The average molecular weight is 614 g/mol. The lowest BCUT2D eigenvalue weighted by molar-refractivity contribution is -0.142. The van der Waals surface area contributed by atoms with Gasteiger partial charge in [-0.1, -0.05) is 64.9 Å². The molecule has 3 saturated carbocycles. The van der Waals surface area contributed by atoms with Gasteiger partial charge in [0.1, 0.15) is 11.9 Å². The molecule has 0 bridgehead atoms. The maximum Gasteiger partial charge on any atom is 0.223 e. The van der Waals surface area contributed by atoms with Crippen molar-refractivity contribution in [2.75, 3.05) is 6.54 Å². The molecule has 3 aliphatic carbocycles.